The Morgan fingerprint density at radius 2 is 1.33 bits per heavy atom. The average Bonchev–Trinajstić information content (AvgIpc) is 2.96. The number of hydrogen-bond donors (Lipinski definition) is 3. The molecule has 0 aliphatic carbocycles. The normalized spacial score (nSPS) is 13.4. The van der Waals surface area contributed by atoms with Crippen LogP contribution in [-0.2, 0) is 27.4 Å². The Morgan fingerprint density at radius 3 is 1.91 bits per heavy atom. The van der Waals surface area contributed by atoms with Gasteiger partial charge in [0, 0.05) is 6.42 Å². The number of rotatable bonds is 13. The molecule has 0 aliphatic heterocycles. The second kappa shape index (κ2) is 15.8. The van der Waals surface area contributed by atoms with E-state index in [4.69, 9.17) is 9.47 Å². The largest absolute Gasteiger partial charge is 0.489 e. The fourth-order valence-corrected chi connectivity index (χ4v) is 4.46. The molecule has 0 bridgehead atoms. The van der Waals surface area contributed by atoms with Crippen LogP contribution in [0.2, 0.25) is 0 Å². The summed E-state index contributed by atoms with van der Waals surface area (Å²) < 4.78 is 11.5. The molecule has 0 radical (unpaired) electrons. The Hall–Kier alpha value is -4.33. The zero-order chi connectivity index (χ0) is 31.4. The van der Waals surface area contributed by atoms with Gasteiger partial charge < -0.3 is 25.4 Å². The molecule has 3 aromatic rings. The van der Waals surface area contributed by atoms with Crippen molar-refractivity contribution in [3.05, 3.63) is 102 Å². The third-order valence-corrected chi connectivity index (χ3v) is 6.60. The average molecular weight is 588 g/mol. The number of nitrogens with one attached hydrogen (secondary N) is 3. The summed E-state index contributed by atoms with van der Waals surface area (Å²) in [6, 6.07) is 24.4. The summed E-state index contributed by atoms with van der Waals surface area (Å²) in [7, 11) is 0. The SMILES string of the molecule is CC(C)CC(NC(=O)N[C@H](C)c1ccccc1)C(=O)NC(Cc1ccc(OCc2ccccc2)cc1)C(=O)OC(C)(C)C. The van der Waals surface area contributed by atoms with Crippen molar-refractivity contribution in [3.63, 3.8) is 0 Å². The lowest BCUT2D eigenvalue weighted by molar-refractivity contribution is -0.158. The van der Waals surface area contributed by atoms with E-state index in [-0.39, 0.29) is 18.4 Å². The minimum atomic E-state index is -0.953. The van der Waals surface area contributed by atoms with Crippen molar-refractivity contribution in [2.45, 2.75) is 84.7 Å². The maximum Gasteiger partial charge on any atom is 0.329 e. The van der Waals surface area contributed by atoms with Gasteiger partial charge in [-0.15, -0.1) is 0 Å². The van der Waals surface area contributed by atoms with Gasteiger partial charge in [-0.25, -0.2) is 9.59 Å². The van der Waals surface area contributed by atoms with Gasteiger partial charge in [0.2, 0.25) is 5.91 Å². The minimum Gasteiger partial charge on any atom is -0.489 e. The van der Waals surface area contributed by atoms with Gasteiger partial charge >= 0.3 is 12.0 Å². The Balaban J connectivity index is 1.69. The van der Waals surface area contributed by atoms with Crippen LogP contribution in [0.3, 0.4) is 0 Å². The molecule has 0 saturated heterocycles. The van der Waals surface area contributed by atoms with E-state index in [1.807, 2.05) is 106 Å². The molecule has 0 spiro atoms. The Bertz CT molecular complexity index is 1300. The lowest BCUT2D eigenvalue weighted by atomic mass is 10.0. The molecule has 0 fully saturated rings. The first-order valence-electron chi connectivity index (χ1n) is 14.8. The van der Waals surface area contributed by atoms with Crippen molar-refractivity contribution in [1.82, 2.24) is 16.0 Å². The van der Waals surface area contributed by atoms with Gasteiger partial charge in [0.25, 0.3) is 0 Å². The lowest BCUT2D eigenvalue weighted by Gasteiger charge is -2.27. The van der Waals surface area contributed by atoms with Gasteiger partial charge in [-0.3, -0.25) is 4.79 Å². The number of esters is 1. The lowest BCUT2D eigenvalue weighted by Crippen LogP contribution is -2.55. The van der Waals surface area contributed by atoms with Crippen molar-refractivity contribution in [3.8, 4) is 5.75 Å². The molecule has 3 amide bonds. The van der Waals surface area contributed by atoms with Crippen LogP contribution in [0.4, 0.5) is 4.79 Å². The van der Waals surface area contributed by atoms with Crippen LogP contribution in [0.25, 0.3) is 0 Å². The monoisotopic (exact) mass is 587 g/mol. The molecule has 0 saturated carbocycles. The molecule has 8 heteroatoms. The summed E-state index contributed by atoms with van der Waals surface area (Å²) in [5.74, 6) is -0.181. The maximum atomic E-state index is 13.5. The van der Waals surface area contributed by atoms with Crippen LogP contribution >= 0.6 is 0 Å². The van der Waals surface area contributed by atoms with E-state index < -0.39 is 35.6 Å². The zero-order valence-corrected chi connectivity index (χ0v) is 26.1. The topological polar surface area (TPSA) is 106 Å². The van der Waals surface area contributed by atoms with Crippen molar-refractivity contribution in [1.29, 1.82) is 0 Å². The van der Waals surface area contributed by atoms with E-state index in [1.165, 1.54) is 0 Å². The molecule has 3 rings (SSSR count). The highest BCUT2D eigenvalue weighted by molar-refractivity contribution is 5.90. The smallest absolute Gasteiger partial charge is 0.329 e. The number of hydrogen-bond acceptors (Lipinski definition) is 5. The van der Waals surface area contributed by atoms with Crippen LogP contribution in [0.5, 0.6) is 5.75 Å². The van der Waals surface area contributed by atoms with Crippen LogP contribution in [-0.4, -0.2) is 35.6 Å². The molecular weight excluding hydrogens is 542 g/mol. The number of amides is 3. The summed E-state index contributed by atoms with van der Waals surface area (Å²) >= 11 is 0. The molecular formula is C35H45N3O5. The third kappa shape index (κ3) is 11.8. The molecule has 3 atom stereocenters. The molecule has 8 nitrogen and oxygen atoms in total. The minimum absolute atomic E-state index is 0.117. The molecule has 43 heavy (non-hydrogen) atoms. The van der Waals surface area contributed by atoms with Gasteiger partial charge in [0.05, 0.1) is 6.04 Å². The highest BCUT2D eigenvalue weighted by Gasteiger charge is 2.31. The second-order valence-corrected chi connectivity index (χ2v) is 12.1. The van der Waals surface area contributed by atoms with Crippen molar-refractivity contribution in [2.24, 2.45) is 5.92 Å². The van der Waals surface area contributed by atoms with E-state index in [0.29, 0.717) is 18.8 Å². The summed E-state index contributed by atoms with van der Waals surface area (Å²) in [4.78, 5) is 39.7. The molecule has 0 aliphatic rings. The fourth-order valence-electron chi connectivity index (χ4n) is 4.46. The highest BCUT2D eigenvalue weighted by Crippen LogP contribution is 2.18. The standard InChI is InChI=1S/C35H45N3O5/c1-24(2)21-30(38-34(41)36-25(3)28-15-11-8-12-16-28)32(39)37-31(33(40)43-35(4,5)6)22-26-17-19-29(20-18-26)42-23-27-13-9-7-10-14-27/h7-20,24-25,30-31H,21-23H2,1-6H3,(H,37,39)(H2,36,38,41)/t25-,30?,31?/m1/s1. The van der Waals surface area contributed by atoms with Crippen molar-refractivity contribution < 1.29 is 23.9 Å². The Labute approximate surface area is 255 Å². The first-order chi connectivity index (χ1) is 20.4. The Morgan fingerprint density at radius 1 is 0.721 bits per heavy atom. The first kappa shape index (κ1) is 33.2. The van der Waals surface area contributed by atoms with Gasteiger partial charge in [-0.1, -0.05) is 86.6 Å². The zero-order valence-electron chi connectivity index (χ0n) is 26.1. The maximum absolute atomic E-state index is 13.5. The summed E-state index contributed by atoms with van der Waals surface area (Å²) in [6.45, 7) is 11.6. The second-order valence-electron chi connectivity index (χ2n) is 12.1. The molecule has 230 valence electrons. The van der Waals surface area contributed by atoms with Crippen LogP contribution < -0.4 is 20.7 Å². The quantitative estimate of drug-likeness (QED) is 0.209. The first-order valence-corrected chi connectivity index (χ1v) is 14.8. The van der Waals surface area contributed by atoms with E-state index in [1.54, 1.807) is 20.8 Å². The third-order valence-electron chi connectivity index (χ3n) is 6.60. The van der Waals surface area contributed by atoms with Gasteiger partial charge in [-0.05, 0) is 68.9 Å². The van der Waals surface area contributed by atoms with E-state index >= 15 is 0 Å². The van der Waals surface area contributed by atoms with Gasteiger partial charge in [-0.2, -0.15) is 0 Å². The van der Waals surface area contributed by atoms with Gasteiger partial charge in [0.15, 0.2) is 0 Å². The van der Waals surface area contributed by atoms with Gasteiger partial charge in [0.1, 0.15) is 30.0 Å². The fraction of sp³-hybridized carbons (Fsp3) is 0.400. The van der Waals surface area contributed by atoms with E-state index in [0.717, 1.165) is 16.7 Å². The summed E-state index contributed by atoms with van der Waals surface area (Å²) in [5, 5.41) is 8.56. The highest BCUT2D eigenvalue weighted by atomic mass is 16.6. The summed E-state index contributed by atoms with van der Waals surface area (Å²) in [5.41, 5.74) is 2.10. The molecule has 3 aromatic carbocycles. The van der Waals surface area contributed by atoms with Crippen molar-refractivity contribution in [2.75, 3.05) is 0 Å². The number of benzene rings is 3. The Kier molecular flexibility index (Phi) is 12.2. The van der Waals surface area contributed by atoms with E-state index in [2.05, 4.69) is 16.0 Å². The molecule has 2 unspecified atom stereocenters. The van der Waals surface area contributed by atoms with Crippen LogP contribution in [0.1, 0.15) is 70.7 Å². The van der Waals surface area contributed by atoms with Crippen LogP contribution in [0, 0.1) is 5.92 Å². The number of ether oxygens (including phenoxy) is 2. The number of carbonyl (C=O) groups excluding carboxylic acids is 3. The molecule has 0 heterocycles. The van der Waals surface area contributed by atoms with E-state index in [9.17, 15) is 14.4 Å². The summed E-state index contributed by atoms with van der Waals surface area (Å²) in [6.07, 6.45) is 0.610. The predicted octanol–water partition coefficient (Wildman–Crippen LogP) is 6.11. The molecule has 3 N–H and O–H groups in total. The predicted molar refractivity (Wildman–Crippen MR) is 168 cm³/mol. The number of carbonyl (C=O) groups is 3. The molecule has 0 aromatic heterocycles. The van der Waals surface area contributed by atoms with Crippen molar-refractivity contribution >= 4 is 17.9 Å². The number of urea groups is 1. The van der Waals surface area contributed by atoms with Crippen LogP contribution in [0.15, 0.2) is 84.9 Å².